The average Bonchev–Trinajstić information content (AvgIpc) is 2.75. The number of halogens is 2. The van der Waals surface area contributed by atoms with E-state index in [0.29, 0.717) is 5.56 Å². The van der Waals surface area contributed by atoms with Crippen LogP contribution in [0.2, 0.25) is 5.02 Å². The number of rotatable bonds is 7. The number of hydrogen-bond donors (Lipinski definition) is 2. The standard InChI is InChI=1S/C21H20ClFN2O5S2/c1-3-30-20(26)18-17(11-32(28,29)14-8-9-16(23)15(22)10-14)24-21(27)25-19(18)12-4-6-13(31-2)7-5-12/h4-10,19H,3,11H2,1-2H3,(H2,24,25,27)/t19-/m1/s1. The summed E-state index contributed by atoms with van der Waals surface area (Å²) in [6.07, 6.45) is 1.91. The Morgan fingerprint density at radius 3 is 2.50 bits per heavy atom. The molecule has 2 amide bonds. The number of urea groups is 1. The molecule has 0 bridgehead atoms. The van der Waals surface area contributed by atoms with Crippen molar-refractivity contribution >= 4 is 45.2 Å². The van der Waals surface area contributed by atoms with Gasteiger partial charge in [0.2, 0.25) is 0 Å². The van der Waals surface area contributed by atoms with E-state index in [9.17, 15) is 22.4 Å². The Morgan fingerprint density at radius 1 is 1.22 bits per heavy atom. The van der Waals surface area contributed by atoms with E-state index in [-0.39, 0.29) is 27.8 Å². The predicted octanol–water partition coefficient (Wildman–Crippen LogP) is 3.85. The minimum absolute atomic E-state index is 0.0277. The Bertz CT molecular complexity index is 1180. The lowest BCUT2D eigenvalue weighted by molar-refractivity contribution is -0.139. The first kappa shape index (κ1) is 24.1. The number of benzene rings is 2. The third-order valence-electron chi connectivity index (χ3n) is 4.68. The van der Waals surface area contributed by atoms with E-state index in [0.717, 1.165) is 23.1 Å². The van der Waals surface area contributed by atoms with Gasteiger partial charge in [-0.2, -0.15) is 0 Å². The number of ether oxygens (including phenoxy) is 1. The number of amides is 2. The molecular formula is C21H20ClFN2O5S2. The molecule has 0 spiro atoms. The maximum absolute atomic E-state index is 13.5. The zero-order valence-electron chi connectivity index (χ0n) is 17.1. The second-order valence-electron chi connectivity index (χ2n) is 6.75. The molecule has 1 aliphatic rings. The summed E-state index contributed by atoms with van der Waals surface area (Å²) in [5.41, 5.74) is 0.437. The highest BCUT2D eigenvalue weighted by molar-refractivity contribution is 7.98. The zero-order valence-corrected chi connectivity index (χ0v) is 19.5. The molecule has 7 nitrogen and oxygen atoms in total. The molecule has 2 aromatic rings. The second kappa shape index (κ2) is 9.93. The topological polar surface area (TPSA) is 102 Å². The smallest absolute Gasteiger partial charge is 0.338 e. The van der Waals surface area contributed by atoms with Gasteiger partial charge in [-0.15, -0.1) is 11.8 Å². The number of esters is 1. The molecule has 2 N–H and O–H groups in total. The van der Waals surface area contributed by atoms with Crippen LogP contribution in [0.1, 0.15) is 18.5 Å². The summed E-state index contributed by atoms with van der Waals surface area (Å²) < 4.78 is 44.6. The molecule has 0 aromatic heterocycles. The van der Waals surface area contributed by atoms with Crippen LogP contribution < -0.4 is 10.6 Å². The summed E-state index contributed by atoms with van der Waals surface area (Å²) in [4.78, 5) is 25.9. The average molecular weight is 499 g/mol. The van der Waals surface area contributed by atoms with Gasteiger partial charge in [-0.05, 0) is 49.1 Å². The molecule has 1 aliphatic heterocycles. The van der Waals surface area contributed by atoms with Gasteiger partial charge in [-0.1, -0.05) is 23.7 Å². The summed E-state index contributed by atoms with van der Waals surface area (Å²) in [5.74, 6) is -2.24. The number of sulfone groups is 1. The number of carbonyl (C=O) groups is 2. The van der Waals surface area contributed by atoms with E-state index in [2.05, 4.69) is 10.6 Å². The van der Waals surface area contributed by atoms with Crippen LogP contribution in [0.4, 0.5) is 9.18 Å². The van der Waals surface area contributed by atoms with Gasteiger partial charge in [0.1, 0.15) is 5.82 Å². The van der Waals surface area contributed by atoms with Crippen molar-refractivity contribution in [1.29, 1.82) is 0 Å². The lowest BCUT2D eigenvalue weighted by Gasteiger charge is -2.29. The summed E-state index contributed by atoms with van der Waals surface area (Å²) in [7, 11) is -4.08. The van der Waals surface area contributed by atoms with Crippen LogP contribution in [0.3, 0.4) is 0 Å². The summed E-state index contributed by atoms with van der Waals surface area (Å²) in [6.45, 7) is 1.68. The van der Waals surface area contributed by atoms with Gasteiger partial charge in [0.25, 0.3) is 0 Å². The van der Waals surface area contributed by atoms with Crippen LogP contribution in [0.15, 0.2) is 63.5 Å². The van der Waals surface area contributed by atoms with Gasteiger partial charge < -0.3 is 15.4 Å². The number of hydrogen-bond acceptors (Lipinski definition) is 6. The Morgan fingerprint density at radius 2 is 1.91 bits per heavy atom. The van der Waals surface area contributed by atoms with Crippen LogP contribution >= 0.6 is 23.4 Å². The lowest BCUT2D eigenvalue weighted by atomic mass is 9.95. The molecule has 11 heteroatoms. The third-order valence-corrected chi connectivity index (χ3v) is 7.36. The predicted molar refractivity (Wildman–Crippen MR) is 120 cm³/mol. The minimum Gasteiger partial charge on any atom is -0.463 e. The second-order valence-corrected chi connectivity index (χ2v) is 10.0. The molecule has 0 saturated heterocycles. The first-order valence-corrected chi connectivity index (χ1v) is 12.7. The first-order valence-electron chi connectivity index (χ1n) is 9.45. The molecular weight excluding hydrogens is 479 g/mol. The van der Waals surface area contributed by atoms with Crippen molar-refractivity contribution in [1.82, 2.24) is 10.6 Å². The largest absolute Gasteiger partial charge is 0.463 e. The van der Waals surface area contributed by atoms with E-state index in [1.54, 1.807) is 19.1 Å². The van der Waals surface area contributed by atoms with Crippen LogP contribution in [0.25, 0.3) is 0 Å². The van der Waals surface area contributed by atoms with Crippen LogP contribution in [-0.2, 0) is 19.4 Å². The van der Waals surface area contributed by atoms with E-state index in [4.69, 9.17) is 16.3 Å². The maximum Gasteiger partial charge on any atom is 0.338 e. The van der Waals surface area contributed by atoms with Gasteiger partial charge in [-0.25, -0.2) is 22.4 Å². The Labute approximate surface area is 194 Å². The molecule has 32 heavy (non-hydrogen) atoms. The van der Waals surface area contributed by atoms with Crippen LogP contribution in [0.5, 0.6) is 0 Å². The molecule has 0 fully saturated rings. The molecule has 1 heterocycles. The minimum atomic E-state index is -4.08. The monoisotopic (exact) mass is 498 g/mol. The maximum atomic E-state index is 13.5. The molecule has 2 aromatic carbocycles. The Kier molecular flexibility index (Phi) is 7.47. The third kappa shape index (κ3) is 5.25. The van der Waals surface area contributed by atoms with Gasteiger partial charge in [0, 0.05) is 10.6 Å². The van der Waals surface area contributed by atoms with Crippen LogP contribution in [0, 0.1) is 5.82 Å². The van der Waals surface area contributed by atoms with Gasteiger partial charge in [-0.3, -0.25) is 0 Å². The van der Waals surface area contributed by atoms with Gasteiger partial charge in [0.05, 0.1) is 33.9 Å². The molecule has 0 saturated carbocycles. The lowest BCUT2D eigenvalue weighted by Crippen LogP contribution is -2.47. The first-order chi connectivity index (χ1) is 15.2. The summed E-state index contributed by atoms with van der Waals surface area (Å²) in [5, 5.41) is 4.71. The molecule has 1 atom stereocenters. The Balaban J connectivity index is 2.09. The SMILES string of the molecule is CCOC(=O)C1=C(CS(=O)(=O)c2ccc(F)c(Cl)c2)NC(=O)N[C@@H]1c1ccc(SC)cc1. The zero-order chi connectivity index (χ0) is 23.5. The van der Waals surface area contributed by atoms with E-state index in [1.165, 1.54) is 11.8 Å². The highest BCUT2D eigenvalue weighted by Gasteiger charge is 2.35. The van der Waals surface area contributed by atoms with Gasteiger partial charge in [0.15, 0.2) is 9.84 Å². The highest BCUT2D eigenvalue weighted by Crippen LogP contribution is 2.31. The normalized spacial score (nSPS) is 16.4. The highest BCUT2D eigenvalue weighted by atomic mass is 35.5. The van der Waals surface area contributed by atoms with Crippen molar-refractivity contribution in [2.24, 2.45) is 0 Å². The van der Waals surface area contributed by atoms with E-state index in [1.807, 2.05) is 18.4 Å². The van der Waals surface area contributed by atoms with Crippen molar-refractivity contribution in [2.75, 3.05) is 18.6 Å². The van der Waals surface area contributed by atoms with Crippen molar-refractivity contribution in [3.05, 3.63) is 70.1 Å². The van der Waals surface area contributed by atoms with Crippen molar-refractivity contribution < 1.29 is 27.1 Å². The molecule has 0 aliphatic carbocycles. The summed E-state index contributed by atoms with van der Waals surface area (Å²) >= 11 is 7.26. The van der Waals surface area contributed by atoms with Crippen LogP contribution in [-0.4, -0.2) is 39.0 Å². The van der Waals surface area contributed by atoms with Gasteiger partial charge >= 0.3 is 12.0 Å². The van der Waals surface area contributed by atoms with E-state index < -0.39 is 39.4 Å². The van der Waals surface area contributed by atoms with E-state index >= 15 is 0 Å². The quantitative estimate of drug-likeness (QED) is 0.341. The van der Waals surface area contributed by atoms with Crippen molar-refractivity contribution in [3.8, 4) is 0 Å². The van der Waals surface area contributed by atoms with Crippen molar-refractivity contribution in [3.63, 3.8) is 0 Å². The fraction of sp³-hybridized carbons (Fsp3) is 0.238. The number of nitrogens with one attached hydrogen (secondary N) is 2. The molecule has 3 rings (SSSR count). The molecule has 0 radical (unpaired) electrons. The Hall–Kier alpha value is -2.56. The molecule has 0 unspecified atom stereocenters. The number of carbonyl (C=O) groups excluding carboxylic acids is 2. The fourth-order valence-corrected chi connectivity index (χ4v) is 5.17. The summed E-state index contributed by atoms with van der Waals surface area (Å²) in [6, 6.07) is 8.55. The van der Waals surface area contributed by atoms with Crippen molar-refractivity contribution in [2.45, 2.75) is 22.8 Å². The fourth-order valence-electron chi connectivity index (χ4n) is 3.17. The number of thioether (sulfide) groups is 1. The molecule has 170 valence electrons.